The van der Waals surface area contributed by atoms with E-state index in [1.165, 1.54) is 0 Å². The Labute approximate surface area is 140 Å². The van der Waals surface area contributed by atoms with Crippen LogP contribution in [0.4, 0.5) is 0 Å². The molecule has 1 heterocycles. The summed E-state index contributed by atoms with van der Waals surface area (Å²) in [5.74, 6) is 1.30. The van der Waals surface area contributed by atoms with E-state index in [4.69, 9.17) is 18.9 Å². The first-order valence-electron chi connectivity index (χ1n) is 6.89. The molecule has 5 nitrogen and oxygen atoms in total. The van der Waals surface area contributed by atoms with Gasteiger partial charge in [-0.3, -0.25) is 4.79 Å². The van der Waals surface area contributed by atoms with Crippen molar-refractivity contribution in [2.75, 3.05) is 20.0 Å². The Hall–Kier alpha value is -1.37. The average molecular weight is 375 g/mol. The van der Waals surface area contributed by atoms with Crippen molar-refractivity contribution in [1.82, 2.24) is 0 Å². The summed E-state index contributed by atoms with van der Waals surface area (Å²) in [7, 11) is 0. The highest BCUT2D eigenvalue weighted by molar-refractivity contribution is 9.10. The van der Waals surface area contributed by atoms with Crippen LogP contribution >= 0.6 is 15.9 Å². The number of hydrogen-bond donors (Lipinski definition) is 0. The molecule has 6 heteroatoms. The van der Waals surface area contributed by atoms with Crippen molar-refractivity contribution in [1.29, 1.82) is 0 Å². The monoisotopic (exact) mass is 374 g/mol. The van der Waals surface area contributed by atoms with Crippen molar-refractivity contribution in [2.24, 2.45) is 0 Å². The number of aldehydes is 1. The fraction of sp³-hybridized carbons (Fsp3) is 0.438. The number of rotatable bonds is 5. The van der Waals surface area contributed by atoms with E-state index in [0.29, 0.717) is 17.1 Å². The molecule has 1 aliphatic rings. The third-order valence-corrected chi connectivity index (χ3v) is 3.11. The van der Waals surface area contributed by atoms with Crippen LogP contribution in [0.1, 0.15) is 31.1 Å². The molecule has 0 amide bonds. The van der Waals surface area contributed by atoms with Crippen LogP contribution in [0.3, 0.4) is 0 Å². The van der Waals surface area contributed by atoms with Crippen molar-refractivity contribution < 1.29 is 23.7 Å². The summed E-state index contributed by atoms with van der Waals surface area (Å²) in [6, 6.07) is 3.38. The molecule has 0 saturated heterocycles. The third kappa shape index (κ3) is 7.06. The second-order valence-corrected chi connectivity index (χ2v) is 4.68. The molecule has 0 radical (unpaired) electrons. The zero-order valence-corrected chi connectivity index (χ0v) is 14.9. The van der Waals surface area contributed by atoms with E-state index in [-0.39, 0.29) is 13.1 Å². The second kappa shape index (κ2) is 12.2. The fourth-order valence-corrected chi connectivity index (χ4v) is 1.96. The Bertz CT molecular complexity index is 444. The normalized spacial score (nSPS) is 11.1. The van der Waals surface area contributed by atoms with E-state index >= 15 is 0 Å². The largest absolute Gasteiger partial charge is 0.454 e. The zero-order chi connectivity index (χ0) is 17.0. The standard InChI is InChI=1S/C8H5BrO3.C6H14O2.C2H4/c9-6-2-8-7(11-4-12-8)1-5(6)3-10;1-4-7-6(3)8-5-2;1-2/h1-3H,4H2;6H,4-5H2,1-3H3;1-2H2. The molecular weight excluding hydrogens is 352 g/mol. The number of ether oxygens (including phenoxy) is 4. The Morgan fingerprint density at radius 2 is 1.73 bits per heavy atom. The molecule has 1 aliphatic heterocycles. The molecule has 22 heavy (non-hydrogen) atoms. The van der Waals surface area contributed by atoms with Gasteiger partial charge >= 0.3 is 0 Å². The van der Waals surface area contributed by atoms with Crippen LogP contribution in [0.5, 0.6) is 11.5 Å². The van der Waals surface area contributed by atoms with Crippen molar-refractivity contribution in [3.63, 3.8) is 0 Å². The lowest BCUT2D eigenvalue weighted by Gasteiger charge is -2.09. The summed E-state index contributed by atoms with van der Waals surface area (Å²) < 4.78 is 21.0. The van der Waals surface area contributed by atoms with E-state index in [2.05, 4.69) is 29.1 Å². The van der Waals surface area contributed by atoms with Gasteiger partial charge in [0.1, 0.15) is 0 Å². The van der Waals surface area contributed by atoms with Gasteiger partial charge in [-0.05, 0) is 48.8 Å². The summed E-state index contributed by atoms with van der Waals surface area (Å²) in [6.07, 6.45) is 0.733. The zero-order valence-electron chi connectivity index (χ0n) is 13.3. The van der Waals surface area contributed by atoms with Crippen LogP contribution in [0.15, 0.2) is 29.8 Å². The molecule has 2 rings (SSSR count). The SMILES string of the molecule is C=C.CCOC(C)OCC.O=Cc1cc2c(cc1Br)OCO2. The Balaban J connectivity index is 0.000000388. The number of benzene rings is 1. The minimum atomic E-state index is -0.0370. The molecule has 0 aliphatic carbocycles. The lowest BCUT2D eigenvalue weighted by atomic mass is 10.2. The first-order valence-corrected chi connectivity index (χ1v) is 7.69. The quantitative estimate of drug-likeness (QED) is 0.439. The number of hydrogen-bond acceptors (Lipinski definition) is 5. The Kier molecular flexibility index (Phi) is 11.4. The summed E-state index contributed by atoms with van der Waals surface area (Å²) in [6.45, 7) is 13.5. The van der Waals surface area contributed by atoms with E-state index in [1.54, 1.807) is 12.1 Å². The van der Waals surface area contributed by atoms with Gasteiger partial charge in [0, 0.05) is 23.2 Å². The lowest BCUT2D eigenvalue weighted by molar-refractivity contribution is -0.123. The fourth-order valence-electron chi connectivity index (χ4n) is 1.54. The van der Waals surface area contributed by atoms with Gasteiger partial charge in [0.25, 0.3) is 0 Å². The van der Waals surface area contributed by atoms with E-state index in [9.17, 15) is 4.79 Å². The van der Waals surface area contributed by atoms with E-state index < -0.39 is 0 Å². The van der Waals surface area contributed by atoms with E-state index in [1.807, 2.05) is 20.8 Å². The highest BCUT2D eigenvalue weighted by atomic mass is 79.9. The van der Waals surface area contributed by atoms with E-state index in [0.717, 1.165) is 24.0 Å². The maximum atomic E-state index is 10.5. The van der Waals surface area contributed by atoms with Crippen LogP contribution in [-0.2, 0) is 9.47 Å². The van der Waals surface area contributed by atoms with Gasteiger partial charge < -0.3 is 18.9 Å². The van der Waals surface area contributed by atoms with Crippen molar-refractivity contribution >= 4 is 22.2 Å². The van der Waals surface area contributed by atoms with Gasteiger partial charge in [0.2, 0.25) is 6.79 Å². The molecule has 124 valence electrons. The minimum Gasteiger partial charge on any atom is -0.454 e. The number of halogens is 1. The molecule has 0 spiro atoms. The number of carbonyl (C=O) groups is 1. The number of fused-ring (bicyclic) bond motifs is 1. The smallest absolute Gasteiger partial charge is 0.231 e. The topological polar surface area (TPSA) is 54.0 Å². The molecule has 0 unspecified atom stereocenters. The molecule has 0 bridgehead atoms. The van der Waals surface area contributed by atoms with Crippen molar-refractivity contribution in [3.05, 3.63) is 35.3 Å². The van der Waals surface area contributed by atoms with Crippen molar-refractivity contribution in [3.8, 4) is 11.5 Å². The molecule has 0 saturated carbocycles. The Morgan fingerprint density at radius 1 is 1.23 bits per heavy atom. The van der Waals surface area contributed by atoms with Crippen LogP contribution in [-0.4, -0.2) is 32.6 Å². The average Bonchev–Trinajstić information content (AvgIpc) is 2.96. The maximum absolute atomic E-state index is 10.5. The lowest BCUT2D eigenvalue weighted by Crippen LogP contribution is -2.11. The first-order chi connectivity index (χ1) is 10.6. The van der Waals surface area contributed by atoms with Crippen LogP contribution < -0.4 is 9.47 Å². The first kappa shape index (κ1) is 20.6. The summed E-state index contributed by atoms with van der Waals surface area (Å²) in [5.41, 5.74) is 0.569. The maximum Gasteiger partial charge on any atom is 0.231 e. The molecule has 0 N–H and O–H groups in total. The highest BCUT2D eigenvalue weighted by Gasteiger charge is 2.15. The summed E-state index contributed by atoms with van der Waals surface area (Å²) >= 11 is 3.24. The van der Waals surface area contributed by atoms with Crippen LogP contribution in [0.25, 0.3) is 0 Å². The van der Waals surface area contributed by atoms with Crippen LogP contribution in [0.2, 0.25) is 0 Å². The van der Waals surface area contributed by atoms with Crippen molar-refractivity contribution in [2.45, 2.75) is 27.1 Å². The van der Waals surface area contributed by atoms with Crippen LogP contribution in [0, 0.1) is 0 Å². The molecule has 1 aromatic carbocycles. The summed E-state index contributed by atoms with van der Waals surface area (Å²) in [4.78, 5) is 10.5. The Morgan fingerprint density at radius 3 is 2.18 bits per heavy atom. The minimum absolute atomic E-state index is 0.0370. The van der Waals surface area contributed by atoms with Gasteiger partial charge in [0.05, 0.1) is 0 Å². The summed E-state index contributed by atoms with van der Waals surface area (Å²) in [5, 5.41) is 0. The van der Waals surface area contributed by atoms with Gasteiger partial charge in [0.15, 0.2) is 24.1 Å². The second-order valence-electron chi connectivity index (χ2n) is 3.82. The molecule has 1 aromatic rings. The predicted molar refractivity (Wildman–Crippen MR) is 89.6 cm³/mol. The highest BCUT2D eigenvalue weighted by Crippen LogP contribution is 2.36. The molecular formula is C16H23BrO5. The number of carbonyl (C=O) groups excluding carboxylic acids is 1. The van der Waals surface area contributed by atoms with Gasteiger partial charge in [-0.25, -0.2) is 0 Å². The van der Waals surface area contributed by atoms with Gasteiger partial charge in [-0.1, -0.05) is 0 Å². The molecule has 0 atom stereocenters. The molecule has 0 fully saturated rings. The predicted octanol–water partition coefficient (Wildman–Crippen LogP) is 4.20. The molecule has 0 aromatic heterocycles. The van der Waals surface area contributed by atoms with Gasteiger partial charge in [-0.2, -0.15) is 0 Å². The van der Waals surface area contributed by atoms with Gasteiger partial charge in [-0.15, -0.1) is 13.2 Å². The third-order valence-electron chi connectivity index (χ3n) is 2.42.